The van der Waals surface area contributed by atoms with Gasteiger partial charge in [-0.1, -0.05) is 43.2 Å². The lowest BCUT2D eigenvalue weighted by Gasteiger charge is -2.36. The van der Waals surface area contributed by atoms with Crippen LogP contribution in [0.1, 0.15) is 46.4 Å². The summed E-state index contributed by atoms with van der Waals surface area (Å²) < 4.78 is 5.35. The average Bonchev–Trinajstić information content (AvgIpc) is 2.91. The van der Waals surface area contributed by atoms with Gasteiger partial charge in [-0.3, -0.25) is 19.4 Å². The van der Waals surface area contributed by atoms with Crippen LogP contribution in [0.3, 0.4) is 0 Å². The highest BCUT2D eigenvalue weighted by Gasteiger charge is 2.32. The van der Waals surface area contributed by atoms with Crippen molar-refractivity contribution < 1.29 is 14.3 Å². The normalized spacial score (nSPS) is 16.3. The number of carbonyl (C=O) groups excluding carboxylic acids is 2. The second kappa shape index (κ2) is 10.5. The van der Waals surface area contributed by atoms with Gasteiger partial charge in [0, 0.05) is 61.0 Å². The highest BCUT2D eigenvalue weighted by molar-refractivity contribution is 6.25. The molecule has 0 aliphatic carbocycles. The molecule has 0 N–H and O–H groups in total. The summed E-state index contributed by atoms with van der Waals surface area (Å²) in [4.78, 5) is 32.4. The van der Waals surface area contributed by atoms with Gasteiger partial charge in [-0.15, -0.1) is 0 Å². The second-order valence-corrected chi connectivity index (χ2v) is 9.42. The summed E-state index contributed by atoms with van der Waals surface area (Å²) in [6, 6.07) is 19.6. The summed E-state index contributed by atoms with van der Waals surface area (Å²) in [5, 5.41) is 1.75. The maximum Gasteiger partial charge on any atom is 0.261 e. The Bertz CT molecular complexity index is 1170. The highest BCUT2D eigenvalue weighted by atomic mass is 16.5. The number of anilines is 1. The Labute approximate surface area is 207 Å². The van der Waals surface area contributed by atoms with E-state index in [1.54, 1.807) is 7.11 Å². The highest BCUT2D eigenvalue weighted by Crippen LogP contribution is 2.30. The van der Waals surface area contributed by atoms with Crippen molar-refractivity contribution in [2.45, 2.75) is 25.7 Å². The molecule has 2 aliphatic heterocycles. The summed E-state index contributed by atoms with van der Waals surface area (Å²) in [5.41, 5.74) is 2.52. The van der Waals surface area contributed by atoms with Crippen molar-refractivity contribution in [3.05, 3.63) is 71.8 Å². The van der Waals surface area contributed by atoms with Crippen molar-refractivity contribution in [2.24, 2.45) is 0 Å². The molecule has 0 bridgehead atoms. The Kier molecular flexibility index (Phi) is 7.00. The lowest BCUT2D eigenvalue weighted by Crippen LogP contribution is -2.46. The molecule has 0 unspecified atom stereocenters. The van der Waals surface area contributed by atoms with Crippen LogP contribution in [0.5, 0.6) is 5.75 Å². The Morgan fingerprint density at radius 3 is 2.03 bits per heavy atom. The van der Waals surface area contributed by atoms with Gasteiger partial charge in [-0.2, -0.15) is 0 Å². The lowest BCUT2D eigenvalue weighted by atomic mass is 9.94. The standard InChI is InChI=1S/C29H33N3O3/c1-35-24-12-8-11-23(21-24)31-19-17-30(18-20-31)15-4-2-3-5-16-32-28(33)25-13-6-9-22-10-7-14-26(27(22)25)29(32)34/h6-14,21H,2-5,15-20H2,1H3. The number of methoxy groups -OCH3 is 1. The van der Waals surface area contributed by atoms with Crippen LogP contribution >= 0.6 is 0 Å². The minimum absolute atomic E-state index is 0.159. The zero-order chi connectivity index (χ0) is 24.2. The smallest absolute Gasteiger partial charge is 0.261 e. The molecule has 5 rings (SSSR count). The molecule has 0 aromatic heterocycles. The molecule has 6 heteroatoms. The van der Waals surface area contributed by atoms with Gasteiger partial charge < -0.3 is 9.64 Å². The fraction of sp³-hybridized carbons (Fsp3) is 0.379. The van der Waals surface area contributed by atoms with E-state index < -0.39 is 0 Å². The third kappa shape index (κ3) is 4.89. The lowest BCUT2D eigenvalue weighted by molar-refractivity contribution is 0.0607. The molecule has 2 aliphatic rings. The predicted octanol–water partition coefficient (Wildman–Crippen LogP) is 4.83. The molecule has 2 heterocycles. The molecule has 1 fully saturated rings. The second-order valence-electron chi connectivity index (χ2n) is 9.42. The summed E-state index contributed by atoms with van der Waals surface area (Å²) in [6.45, 7) is 5.78. The Morgan fingerprint density at radius 2 is 1.37 bits per heavy atom. The van der Waals surface area contributed by atoms with Crippen LogP contribution in [0.2, 0.25) is 0 Å². The number of benzene rings is 3. The molecule has 0 saturated carbocycles. The fourth-order valence-corrected chi connectivity index (χ4v) is 5.28. The first-order valence-corrected chi connectivity index (χ1v) is 12.6. The molecule has 0 atom stereocenters. The van der Waals surface area contributed by atoms with Gasteiger partial charge in [0.05, 0.1) is 7.11 Å². The first kappa shape index (κ1) is 23.4. The van der Waals surface area contributed by atoms with E-state index in [4.69, 9.17) is 4.74 Å². The maximum atomic E-state index is 13.0. The number of carbonyl (C=O) groups is 2. The van der Waals surface area contributed by atoms with Gasteiger partial charge >= 0.3 is 0 Å². The van der Waals surface area contributed by atoms with Crippen molar-refractivity contribution in [1.82, 2.24) is 9.80 Å². The van der Waals surface area contributed by atoms with Crippen LogP contribution in [0.15, 0.2) is 60.7 Å². The number of imide groups is 1. The molecule has 3 aromatic rings. The number of unbranched alkanes of at least 4 members (excludes halogenated alkanes) is 3. The summed E-state index contributed by atoms with van der Waals surface area (Å²) >= 11 is 0. The van der Waals surface area contributed by atoms with Crippen molar-refractivity contribution >= 4 is 28.3 Å². The van der Waals surface area contributed by atoms with E-state index in [0.29, 0.717) is 17.7 Å². The monoisotopic (exact) mass is 471 g/mol. The van der Waals surface area contributed by atoms with E-state index in [2.05, 4.69) is 21.9 Å². The molecule has 2 amide bonds. The first-order chi connectivity index (χ1) is 17.2. The Hall–Kier alpha value is -3.38. The summed E-state index contributed by atoms with van der Waals surface area (Å²) in [6.07, 6.45) is 4.12. The van der Waals surface area contributed by atoms with E-state index in [9.17, 15) is 9.59 Å². The minimum Gasteiger partial charge on any atom is -0.497 e. The zero-order valence-electron chi connectivity index (χ0n) is 20.4. The van der Waals surface area contributed by atoms with Crippen LogP contribution in [0.25, 0.3) is 10.8 Å². The van der Waals surface area contributed by atoms with Gasteiger partial charge in [0.25, 0.3) is 11.8 Å². The maximum absolute atomic E-state index is 13.0. The topological polar surface area (TPSA) is 53.1 Å². The molecule has 3 aromatic carbocycles. The molecule has 0 radical (unpaired) electrons. The van der Waals surface area contributed by atoms with Gasteiger partial charge in [0.1, 0.15) is 5.75 Å². The summed E-state index contributed by atoms with van der Waals surface area (Å²) in [5.74, 6) is 0.584. The number of rotatable bonds is 9. The molecule has 182 valence electrons. The number of amides is 2. The number of piperazine rings is 1. The SMILES string of the molecule is COc1cccc(N2CCN(CCCCCCN3C(=O)c4cccc5cccc(c45)C3=O)CC2)c1. The zero-order valence-corrected chi connectivity index (χ0v) is 20.4. The van der Waals surface area contributed by atoms with E-state index in [1.807, 2.05) is 48.5 Å². The van der Waals surface area contributed by atoms with Crippen molar-refractivity contribution in [3.8, 4) is 5.75 Å². The third-order valence-electron chi connectivity index (χ3n) is 7.25. The van der Waals surface area contributed by atoms with Gasteiger partial charge in [-0.05, 0) is 49.0 Å². The predicted molar refractivity (Wildman–Crippen MR) is 139 cm³/mol. The number of ether oxygens (including phenoxy) is 1. The van der Waals surface area contributed by atoms with Crippen molar-refractivity contribution in [2.75, 3.05) is 51.3 Å². The van der Waals surface area contributed by atoms with E-state index in [0.717, 1.165) is 74.9 Å². The Morgan fingerprint density at radius 1 is 0.743 bits per heavy atom. The number of hydrogen-bond donors (Lipinski definition) is 0. The van der Waals surface area contributed by atoms with Crippen molar-refractivity contribution in [3.63, 3.8) is 0 Å². The van der Waals surface area contributed by atoms with Crippen LogP contribution in [0.4, 0.5) is 5.69 Å². The quantitative estimate of drug-likeness (QED) is 0.331. The van der Waals surface area contributed by atoms with Crippen LogP contribution in [-0.4, -0.2) is 68.0 Å². The number of hydrogen-bond acceptors (Lipinski definition) is 5. The molecule has 6 nitrogen and oxygen atoms in total. The van der Waals surface area contributed by atoms with Crippen molar-refractivity contribution in [1.29, 1.82) is 0 Å². The molecular weight excluding hydrogens is 438 g/mol. The van der Waals surface area contributed by atoms with Gasteiger partial charge in [0.2, 0.25) is 0 Å². The molecule has 0 spiro atoms. The number of nitrogens with zero attached hydrogens (tertiary/aromatic N) is 3. The van der Waals surface area contributed by atoms with E-state index in [-0.39, 0.29) is 11.8 Å². The fourth-order valence-electron chi connectivity index (χ4n) is 5.28. The van der Waals surface area contributed by atoms with Gasteiger partial charge in [-0.25, -0.2) is 0 Å². The molecule has 1 saturated heterocycles. The minimum atomic E-state index is -0.159. The molecular formula is C29H33N3O3. The van der Waals surface area contributed by atoms with E-state index >= 15 is 0 Å². The first-order valence-electron chi connectivity index (χ1n) is 12.6. The van der Waals surface area contributed by atoms with Crippen LogP contribution in [0, 0.1) is 0 Å². The average molecular weight is 472 g/mol. The van der Waals surface area contributed by atoms with Gasteiger partial charge in [0.15, 0.2) is 0 Å². The third-order valence-corrected chi connectivity index (χ3v) is 7.25. The summed E-state index contributed by atoms with van der Waals surface area (Å²) in [7, 11) is 1.71. The van der Waals surface area contributed by atoms with Crippen LogP contribution < -0.4 is 9.64 Å². The molecule has 35 heavy (non-hydrogen) atoms. The van der Waals surface area contributed by atoms with Crippen LogP contribution in [-0.2, 0) is 0 Å². The van der Waals surface area contributed by atoms with E-state index in [1.165, 1.54) is 10.6 Å². The Balaban J connectivity index is 1.04. The largest absolute Gasteiger partial charge is 0.497 e.